The van der Waals surface area contributed by atoms with Crippen molar-refractivity contribution < 1.29 is 43.0 Å². The number of aliphatic carboxylic acids is 1. The molecule has 0 radical (unpaired) electrons. The molecule has 3 aromatic rings. The van der Waals surface area contributed by atoms with E-state index < -0.39 is 26.1 Å². The zero-order chi connectivity index (χ0) is 26.3. The average molecular weight is 536 g/mol. The van der Waals surface area contributed by atoms with E-state index in [1.165, 1.54) is 7.11 Å². The van der Waals surface area contributed by atoms with E-state index in [9.17, 15) is 14.7 Å². The minimum atomic E-state index is -1.31. The number of ether oxygens (including phenoxy) is 2. The SMILES string of the molecule is COC(=O)Nc1ccc(-c2nc(C(Cc3ccccc3)C(=O)[O-])n(COCC[Si](C)(C)C)c2Cl)cc1.[Li+]. The van der Waals surface area contributed by atoms with Crippen LogP contribution in [0, 0.1) is 0 Å². The van der Waals surface area contributed by atoms with Gasteiger partial charge in [-0.3, -0.25) is 9.88 Å². The van der Waals surface area contributed by atoms with Crippen LogP contribution in [0.2, 0.25) is 30.8 Å². The zero-order valence-corrected chi connectivity index (χ0v) is 23.7. The molecule has 0 aliphatic carbocycles. The molecule has 0 saturated carbocycles. The number of carbonyl (C=O) groups is 2. The van der Waals surface area contributed by atoms with Gasteiger partial charge in [0.25, 0.3) is 0 Å². The molecule has 0 fully saturated rings. The van der Waals surface area contributed by atoms with Gasteiger partial charge in [0.15, 0.2) is 0 Å². The van der Waals surface area contributed by atoms with E-state index in [0.29, 0.717) is 23.6 Å². The number of hydrogen-bond donors (Lipinski definition) is 1. The summed E-state index contributed by atoms with van der Waals surface area (Å²) in [6.07, 6.45) is -0.382. The third-order valence-electron chi connectivity index (χ3n) is 5.62. The summed E-state index contributed by atoms with van der Waals surface area (Å²) in [5, 5.41) is 15.1. The molecule has 1 unspecified atom stereocenters. The Bertz CT molecular complexity index is 1180. The Balaban J connectivity index is 0.00000481. The number of rotatable bonds is 11. The first-order valence-electron chi connectivity index (χ1n) is 11.6. The number of aromatic nitrogens is 2. The van der Waals surface area contributed by atoms with Gasteiger partial charge in [-0.15, -0.1) is 0 Å². The summed E-state index contributed by atoms with van der Waals surface area (Å²) in [6, 6.07) is 17.1. The van der Waals surface area contributed by atoms with E-state index in [1.54, 1.807) is 28.8 Å². The predicted molar refractivity (Wildman–Crippen MR) is 141 cm³/mol. The van der Waals surface area contributed by atoms with Gasteiger partial charge in [0.1, 0.15) is 23.4 Å². The number of nitrogens with zero attached hydrogens (tertiary/aromatic N) is 2. The van der Waals surface area contributed by atoms with Gasteiger partial charge in [0.2, 0.25) is 0 Å². The number of methoxy groups -OCH3 is 1. The number of nitrogens with one attached hydrogen (secondary N) is 1. The van der Waals surface area contributed by atoms with E-state index in [-0.39, 0.29) is 43.0 Å². The normalized spacial score (nSPS) is 11.9. The van der Waals surface area contributed by atoms with Crippen LogP contribution in [0.1, 0.15) is 17.3 Å². The third kappa shape index (κ3) is 8.76. The van der Waals surface area contributed by atoms with Gasteiger partial charge < -0.3 is 19.4 Å². The fraction of sp³-hybridized carbons (Fsp3) is 0.346. The summed E-state index contributed by atoms with van der Waals surface area (Å²) in [5.74, 6) is -2.00. The summed E-state index contributed by atoms with van der Waals surface area (Å²) >= 11 is 6.76. The summed E-state index contributed by atoms with van der Waals surface area (Å²) < 4.78 is 12.1. The number of carboxylic acids is 1. The van der Waals surface area contributed by atoms with Gasteiger partial charge in [-0.25, -0.2) is 9.78 Å². The van der Waals surface area contributed by atoms with Gasteiger partial charge in [-0.05, 0) is 30.2 Å². The third-order valence-corrected chi connectivity index (χ3v) is 7.71. The fourth-order valence-electron chi connectivity index (χ4n) is 3.57. The number of amides is 1. The Morgan fingerprint density at radius 3 is 2.32 bits per heavy atom. The van der Waals surface area contributed by atoms with Crippen LogP contribution in [0.15, 0.2) is 54.6 Å². The zero-order valence-electron chi connectivity index (χ0n) is 21.9. The van der Waals surface area contributed by atoms with Gasteiger partial charge in [0, 0.05) is 25.9 Å². The van der Waals surface area contributed by atoms with Gasteiger partial charge >= 0.3 is 25.0 Å². The Morgan fingerprint density at radius 1 is 1.11 bits per heavy atom. The van der Waals surface area contributed by atoms with Crippen LogP contribution in [-0.2, 0) is 27.4 Å². The fourth-order valence-corrected chi connectivity index (χ4v) is 4.61. The molecule has 0 saturated heterocycles. The Morgan fingerprint density at radius 2 is 1.76 bits per heavy atom. The quantitative estimate of drug-likeness (QED) is 0.296. The second kappa shape index (κ2) is 13.8. The minimum absolute atomic E-state index is 0. The predicted octanol–water partition coefficient (Wildman–Crippen LogP) is 1.77. The minimum Gasteiger partial charge on any atom is -0.549 e. The summed E-state index contributed by atoms with van der Waals surface area (Å²) in [4.78, 5) is 28.4. The number of halogens is 1. The van der Waals surface area contributed by atoms with Crippen LogP contribution in [0.5, 0.6) is 0 Å². The molecular weight excluding hydrogens is 505 g/mol. The monoisotopic (exact) mass is 535 g/mol. The molecule has 3 rings (SSSR count). The van der Waals surface area contributed by atoms with Crippen LogP contribution in [-0.4, -0.2) is 43.4 Å². The molecule has 2 aromatic carbocycles. The smallest absolute Gasteiger partial charge is 0.549 e. The molecule has 1 aromatic heterocycles. The molecule has 1 N–H and O–H groups in total. The van der Waals surface area contributed by atoms with Crippen LogP contribution in [0.25, 0.3) is 11.3 Å². The average Bonchev–Trinajstić information content (AvgIpc) is 3.16. The topological polar surface area (TPSA) is 106 Å². The first-order valence-corrected chi connectivity index (χ1v) is 15.7. The Kier molecular flexibility index (Phi) is 11.5. The first kappa shape index (κ1) is 30.7. The molecule has 1 atom stereocenters. The van der Waals surface area contributed by atoms with Gasteiger partial charge in [-0.2, -0.15) is 0 Å². The van der Waals surface area contributed by atoms with Crippen molar-refractivity contribution in [2.75, 3.05) is 19.0 Å². The van der Waals surface area contributed by atoms with Crippen molar-refractivity contribution in [2.24, 2.45) is 0 Å². The second-order valence-corrected chi connectivity index (χ2v) is 15.6. The van der Waals surface area contributed by atoms with Crippen molar-refractivity contribution in [1.29, 1.82) is 0 Å². The molecule has 0 aliphatic rings. The first-order chi connectivity index (χ1) is 17.1. The summed E-state index contributed by atoms with van der Waals surface area (Å²) in [6.45, 7) is 7.39. The van der Waals surface area contributed by atoms with E-state index in [2.05, 4.69) is 34.7 Å². The van der Waals surface area contributed by atoms with E-state index >= 15 is 0 Å². The van der Waals surface area contributed by atoms with Crippen molar-refractivity contribution in [3.05, 3.63) is 71.1 Å². The molecule has 11 heteroatoms. The largest absolute Gasteiger partial charge is 1.00 e. The van der Waals surface area contributed by atoms with Crippen molar-refractivity contribution in [3.63, 3.8) is 0 Å². The number of benzene rings is 2. The maximum absolute atomic E-state index is 12.3. The van der Waals surface area contributed by atoms with Crippen molar-refractivity contribution in [1.82, 2.24) is 9.55 Å². The molecule has 8 nitrogen and oxygen atoms in total. The second-order valence-electron chi connectivity index (χ2n) is 9.64. The van der Waals surface area contributed by atoms with Crippen molar-refractivity contribution >= 4 is 37.4 Å². The number of hydrogen-bond acceptors (Lipinski definition) is 6. The molecule has 37 heavy (non-hydrogen) atoms. The van der Waals surface area contributed by atoms with E-state index in [1.807, 2.05) is 30.3 Å². The number of carbonyl (C=O) groups excluding carboxylic acids is 2. The molecular formula is C26H31ClLiN3O5Si. The number of carboxylic acid groups (broad SMARTS) is 1. The molecule has 1 amide bonds. The Hall–Kier alpha value is -2.55. The molecule has 1 heterocycles. The van der Waals surface area contributed by atoms with E-state index in [4.69, 9.17) is 16.3 Å². The van der Waals surface area contributed by atoms with Crippen molar-refractivity contribution in [3.8, 4) is 11.3 Å². The van der Waals surface area contributed by atoms with Crippen LogP contribution in [0.4, 0.5) is 10.5 Å². The summed E-state index contributed by atoms with van der Waals surface area (Å²) in [5.41, 5.74) is 2.46. The molecule has 0 spiro atoms. The Labute approximate surface area is 235 Å². The van der Waals surface area contributed by atoms with Gasteiger partial charge in [-0.1, -0.05) is 73.7 Å². The standard InChI is InChI=1S/C26H32ClN3O5Si.Li/c1-34-26(33)28-20-12-10-19(11-13-20)22-23(27)30(17-35-14-15-36(2,3)4)24(29-22)21(25(31)32)16-18-8-6-5-7-9-18;/h5-13,21H,14-17H2,1-4H3,(H,28,33)(H,31,32);/q;+1/p-1. The van der Waals surface area contributed by atoms with Gasteiger partial charge in [0.05, 0.1) is 19.0 Å². The van der Waals surface area contributed by atoms with Crippen LogP contribution >= 0.6 is 11.6 Å². The van der Waals surface area contributed by atoms with Crippen molar-refractivity contribution in [2.45, 2.75) is 44.8 Å². The van der Waals surface area contributed by atoms with Crippen LogP contribution in [0.3, 0.4) is 0 Å². The number of imidazole rings is 1. The van der Waals surface area contributed by atoms with E-state index in [0.717, 1.165) is 11.6 Å². The van der Waals surface area contributed by atoms with Crippen LogP contribution < -0.4 is 29.3 Å². The summed E-state index contributed by atoms with van der Waals surface area (Å²) in [7, 11) is -0.0223. The maximum Gasteiger partial charge on any atom is 1.00 e. The molecule has 192 valence electrons. The number of anilines is 1. The maximum atomic E-state index is 12.3. The molecule has 0 aliphatic heterocycles. The molecule has 0 bridgehead atoms.